The van der Waals surface area contributed by atoms with E-state index in [4.69, 9.17) is 0 Å². The van der Waals surface area contributed by atoms with Crippen molar-refractivity contribution >= 4 is 20.9 Å². The van der Waals surface area contributed by atoms with E-state index in [1.807, 2.05) is 20.8 Å². The summed E-state index contributed by atoms with van der Waals surface area (Å²) in [6.07, 6.45) is -0.284. The van der Waals surface area contributed by atoms with Gasteiger partial charge in [-0.15, -0.1) is 0 Å². The van der Waals surface area contributed by atoms with Gasteiger partial charge in [-0.1, -0.05) is 27.7 Å². The molecule has 0 aliphatic heterocycles. The van der Waals surface area contributed by atoms with Gasteiger partial charge in [0, 0.05) is 13.2 Å². The Morgan fingerprint density at radius 2 is 1.68 bits per heavy atom. The quantitative estimate of drug-likeness (QED) is 0.528. The summed E-state index contributed by atoms with van der Waals surface area (Å²) in [5.74, 6) is 0.0356. The Kier molecular flexibility index (Phi) is 5.90. The van der Waals surface area contributed by atoms with E-state index in [2.05, 4.69) is 15.0 Å². The van der Waals surface area contributed by atoms with Crippen LogP contribution in [-0.2, 0) is 28.5 Å². The van der Waals surface area contributed by atoms with Gasteiger partial charge < -0.3 is 4.57 Å². The first-order valence-electron chi connectivity index (χ1n) is 10.0. The molecule has 0 saturated heterocycles. The first kappa shape index (κ1) is 23.2. The van der Waals surface area contributed by atoms with E-state index < -0.39 is 21.7 Å². The van der Waals surface area contributed by atoms with E-state index in [1.165, 1.54) is 4.57 Å². The van der Waals surface area contributed by atoms with Gasteiger partial charge in [0.1, 0.15) is 11.4 Å². The highest BCUT2D eigenvalue weighted by atomic mass is 32.2. The molecule has 3 aromatic rings. The van der Waals surface area contributed by atoms with Gasteiger partial charge in [0.05, 0.1) is 27.9 Å². The van der Waals surface area contributed by atoms with Crippen molar-refractivity contribution in [2.75, 3.05) is 5.75 Å². The van der Waals surface area contributed by atoms with E-state index in [-0.39, 0.29) is 33.1 Å². The minimum atomic E-state index is -4.60. The number of fused-ring (bicyclic) bond motifs is 1. The third-order valence-electron chi connectivity index (χ3n) is 6.09. The molecule has 3 heterocycles. The molecular weight excluding hydrogens is 429 g/mol. The average Bonchev–Trinajstić information content (AvgIpc) is 3.08. The molecule has 6 nitrogen and oxygen atoms in total. The number of rotatable bonds is 6. The monoisotopic (exact) mass is 454 g/mol. The predicted octanol–water partition coefficient (Wildman–Crippen LogP) is 4.92. The van der Waals surface area contributed by atoms with Gasteiger partial charge in [0.2, 0.25) is 0 Å². The predicted molar refractivity (Wildman–Crippen MR) is 112 cm³/mol. The molecule has 0 unspecified atom stereocenters. The molecule has 0 atom stereocenters. The second-order valence-electron chi connectivity index (χ2n) is 7.79. The Balaban J connectivity index is 2.29. The number of imidazole rings is 1. The third-order valence-corrected chi connectivity index (χ3v) is 7.84. The van der Waals surface area contributed by atoms with Crippen molar-refractivity contribution in [1.29, 1.82) is 0 Å². The van der Waals surface area contributed by atoms with Crippen LogP contribution in [0.4, 0.5) is 13.2 Å². The summed E-state index contributed by atoms with van der Waals surface area (Å²) in [7, 11) is -2.08. The number of aromatic nitrogens is 4. The normalized spacial score (nSPS) is 13.2. The number of hydrogen-bond donors (Lipinski definition) is 0. The maximum absolute atomic E-state index is 13.0. The molecule has 31 heavy (non-hydrogen) atoms. The smallest absolute Gasteiger partial charge is 0.324 e. The highest BCUT2D eigenvalue weighted by Crippen LogP contribution is 2.36. The first-order valence-corrected chi connectivity index (χ1v) is 11.7. The Hall–Kier alpha value is -2.49. The molecule has 0 radical (unpaired) electrons. The standard InChI is InChI=1S/C21H25F3N4O2S/c1-6-20(4,7-2)13-9-16(31(29,30)8-3)18(26-11-13)19-27-14-10-17(21(22,23)24)25-12-15(14)28(19)5/h9-12H,6-8H2,1-5H3. The van der Waals surface area contributed by atoms with Gasteiger partial charge in [0.15, 0.2) is 15.7 Å². The molecule has 0 bridgehead atoms. The fourth-order valence-electron chi connectivity index (χ4n) is 3.45. The summed E-state index contributed by atoms with van der Waals surface area (Å²) in [6, 6.07) is 2.49. The number of halogens is 3. The van der Waals surface area contributed by atoms with E-state index >= 15 is 0 Å². The summed E-state index contributed by atoms with van der Waals surface area (Å²) in [6.45, 7) is 7.65. The van der Waals surface area contributed by atoms with Crippen molar-refractivity contribution < 1.29 is 21.6 Å². The van der Waals surface area contributed by atoms with Crippen LogP contribution in [0.1, 0.15) is 51.8 Å². The lowest BCUT2D eigenvalue weighted by molar-refractivity contribution is -0.141. The second-order valence-corrected chi connectivity index (χ2v) is 10.0. The van der Waals surface area contributed by atoms with Crippen LogP contribution in [0, 0.1) is 0 Å². The zero-order chi connectivity index (χ0) is 23.2. The molecule has 168 valence electrons. The summed E-state index contributed by atoms with van der Waals surface area (Å²) in [4.78, 5) is 12.2. The summed E-state index contributed by atoms with van der Waals surface area (Å²) in [5.41, 5.74) is 0.0243. The summed E-state index contributed by atoms with van der Waals surface area (Å²) < 4.78 is 66.5. The van der Waals surface area contributed by atoms with Crippen LogP contribution in [0.5, 0.6) is 0 Å². The van der Waals surface area contributed by atoms with Crippen LogP contribution in [0.15, 0.2) is 29.4 Å². The zero-order valence-corrected chi connectivity index (χ0v) is 18.9. The Bertz CT molecular complexity index is 1230. The van der Waals surface area contributed by atoms with Crippen LogP contribution >= 0.6 is 0 Å². The lowest BCUT2D eigenvalue weighted by Gasteiger charge is -2.27. The van der Waals surface area contributed by atoms with Gasteiger partial charge in [-0.25, -0.2) is 18.4 Å². The van der Waals surface area contributed by atoms with Crippen molar-refractivity contribution in [1.82, 2.24) is 19.5 Å². The van der Waals surface area contributed by atoms with Crippen LogP contribution < -0.4 is 0 Å². The third kappa shape index (κ3) is 4.05. The highest BCUT2D eigenvalue weighted by molar-refractivity contribution is 7.91. The number of nitrogens with zero attached hydrogens (tertiary/aromatic N) is 4. The first-order chi connectivity index (χ1) is 14.4. The number of aryl methyl sites for hydroxylation is 1. The molecule has 0 aliphatic rings. The van der Waals surface area contributed by atoms with Gasteiger partial charge in [0.25, 0.3) is 0 Å². The highest BCUT2D eigenvalue weighted by Gasteiger charge is 2.33. The molecule has 3 aromatic heterocycles. The Labute approximate surface area is 179 Å². The van der Waals surface area contributed by atoms with E-state index in [0.29, 0.717) is 5.52 Å². The molecule has 0 fully saturated rings. The molecular formula is C21H25F3N4O2S. The van der Waals surface area contributed by atoms with Crippen LogP contribution in [0.25, 0.3) is 22.6 Å². The maximum atomic E-state index is 13.0. The average molecular weight is 455 g/mol. The van der Waals surface area contributed by atoms with E-state index in [9.17, 15) is 21.6 Å². The number of pyridine rings is 2. The molecule has 0 saturated carbocycles. The Morgan fingerprint density at radius 1 is 1.03 bits per heavy atom. The van der Waals surface area contributed by atoms with Gasteiger partial charge >= 0.3 is 6.18 Å². The lowest BCUT2D eigenvalue weighted by atomic mass is 9.78. The summed E-state index contributed by atoms with van der Waals surface area (Å²) >= 11 is 0. The van der Waals surface area contributed by atoms with Crippen LogP contribution in [-0.4, -0.2) is 33.7 Å². The number of hydrogen-bond acceptors (Lipinski definition) is 5. The molecule has 0 aliphatic carbocycles. The Morgan fingerprint density at radius 3 is 2.23 bits per heavy atom. The van der Waals surface area contributed by atoms with Gasteiger partial charge in [-0.3, -0.25) is 4.98 Å². The molecule has 0 N–H and O–H groups in total. The fraction of sp³-hybridized carbons (Fsp3) is 0.476. The van der Waals surface area contributed by atoms with E-state index in [1.54, 1.807) is 26.2 Å². The van der Waals surface area contributed by atoms with Crippen molar-refractivity contribution in [3.63, 3.8) is 0 Å². The molecule has 3 rings (SSSR count). The topological polar surface area (TPSA) is 77.7 Å². The molecule has 0 aromatic carbocycles. The summed E-state index contributed by atoms with van der Waals surface area (Å²) in [5, 5.41) is 0. The largest absolute Gasteiger partial charge is 0.433 e. The second kappa shape index (κ2) is 7.89. The van der Waals surface area contributed by atoms with E-state index in [0.717, 1.165) is 30.7 Å². The van der Waals surface area contributed by atoms with Crippen LogP contribution in [0.3, 0.4) is 0 Å². The number of sulfone groups is 1. The maximum Gasteiger partial charge on any atom is 0.433 e. The van der Waals surface area contributed by atoms with Crippen molar-refractivity contribution in [3.05, 3.63) is 35.8 Å². The zero-order valence-electron chi connectivity index (χ0n) is 18.1. The number of alkyl halides is 3. The van der Waals surface area contributed by atoms with Gasteiger partial charge in [-0.05, 0) is 36.0 Å². The molecule has 0 amide bonds. The minimum Gasteiger partial charge on any atom is -0.324 e. The fourth-order valence-corrected chi connectivity index (χ4v) is 4.51. The van der Waals surface area contributed by atoms with Gasteiger partial charge in [-0.2, -0.15) is 13.2 Å². The minimum absolute atomic E-state index is 0.0306. The van der Waals surface area contributed by atoms with Crippen molar-refractivity contribution in [2.24, 2.45) is 7.05 Å². The van der Waals surface area contributed by atoms with Crippen LogP contribution in [0.2, 0.25) is 0 Å². The lowest BCUT2D eigenvalue weighted by Crippen LogP contribution is -2.21. The molecule has 10 heteroatoms. The van der Waals surface area contributed by atoms with Crippen molar-refractivity contribution in [2.45, 2.75) is 57.0 Å². The van der Waals surface area contributed by atoms with Crippen molar-refractivity contribution in [3.8, 4) is 11.5 Å². The SMILES string of the molecule is CCC(C)(CC)c1cnc(-c2nc3cc(C(F)(F)F)ncc3n2C)c(S(=O)(=O)CC)c1. The molecule has 0 spiro atoms.